The zero-order valence-corrected chi connectivity index (χ0v) is 19.0. The quantitative estimate of drug-likeness (QED) is 0.449. The van der Waals surface area contributed by atoms with Crippen molar-refractivity contribution in [3.05, 3.63) is 99.6 Å². The standard InChI is InChI=1S/C24H18ClFN2O4S/c1-15-5-8-19(9-6-15)33(31,32)22-13-28(21-10-7-17(26)12-20(21)24(22)30)14-23(29)27-18-4-2-3-16(25)11-18/h2-13H,14H2,1H3,(H,27,29). The normalized spacial score (nSPS) is 11.5. The monoisotopic (exact) mass is 484 g/mol. The number of carbonyl (C=O) groups excluding carboxylic acids is 1. The van der Waals surface area contributed by atoms with Crippen molar-refractivity contribution in [3.63, 3.8) is 0 Å². The van der Waals surface area contributed by atoms with Gasteiger partial charge in [0.1, 0.15) is 17.3 Å². The van der Waals surface area contributed by atoms with Gasteiger partial charge < -0.3 is 9.88 Å². The number of sulfone groups is 1. The molecule has 1 N–H and O–H groups in total. The fourth-order valence-corrected chi connectivity index (χ4v) is 4.99. The molecular formula is C24H18ClFN2O4S. The topological polar surface area (TPSA) is 85.2 Å². The molecule has 0 radical (unpaired) electrons. The number of carbonyl (C=O) groups is 1. The number of hydrogen-bond acceptors (Lipinski definition) is 4. The second-order valence-electron chi connectivity index (χ2n) is 7.49. The fraction of sp³-hybridized carbons (Fsp3) is 0.0833. The lowest BCUT2D eigenvalue weighted by Gasteiger charge is -2.14. The number of nitrogens with one attached hydrogen (secondary N) is 1. The summed E-state index contributed by atoms with van der Waals surface area (Å²) in [7, 11) is -4.22. The summed E-state index contributed by atoms with van der Waals surface area (Å²) >= 11 is 5.94. The highest BCUT2D eigenvalue weighted by molar-refractivity contribution is 7.91. The Kier molecular flexibility index (Phi) is 6.05. The molecule has 0 atom stereocenters. The van der Waals surface area contributed by atoms with E-state index in [-0.39, 0.29) is 22.3 Å². The molecule has 6 nitrogen and oxygen atoms in total. The number of nitrogens with zero attached hydrogens (tertiary/aromatic N) is 1. The lowest BCUT2D eigenvalue weighted by Crippen LogP contribution is -2.24. The van der Waals surface area contributed by atoms with E-state index in [2.05, 4.69) is 5.32 Å². The first-order chi connectivity index (χ1) is 15.6. The molecule has 1 amide bonds. The highest BCUT2D eigenvalue weighted by atomic mass is 35.5. The Bertz CT molecular complexity index is 1550. The van der Waals surface area contributed by atoms with E-state index < -0.39 is 31.9 Å². The van der Waals surface area contributed by atoms with Crippen LogP contribution in [0.1, 0.15) is 5.56 Å². The first-order valence-corrected chi connectivity index (χ1v) is 11.7. The Balaban J connectivity index is 1.82. The lowest BCUT2D eigenvalue weighted by atomic mass is 10.2. The van der Waals surface area contributed by atoms with Crippen molar-refractivity contribution in [2.75, 3.05) is 5.32 Å². The van der Waals surface area contributed by atoms with Gasteiger partial charge in [-0.15, -0.1) is 0 Å². The van der Waals surface area contributed by atoms with Crippen LogP contribution in [0.4, 0.5) is 10.1 Å². The number of amides is 1. The van der Waals surface area contributed by atoms with E-state index in [1.54, 1.807) is 43.3 Å². The Labute approximate surface area is 194 Å². The number of anilines is 1. The van der Waals surface area contributed by atoms with Crippen LogP contribution in [-0.2, 0) is 21.2 Å². The minimum Gasteiger partial charge on any atom is -0.336 e. The third kappa shape index (κ3) is 4.67. The maximum absolute atomic E-state index is 13.9. The first-order valence-electron chi connectivity index (χ1n) is 9.85. The van der Waals surface area contributed by atoms with Crippen molar-refractivity contribution in [1.82, 2.24) is 4.57 Å². The number of pyridine rings is 1. The van der Waals surface area contributed by atoms with Crippen molar-refractivity contribution in [3.8, 4) is 0 Å². The van der Waals surface area contributed by atoms with Gasteiger partial charge in [0.15, 0.2) is 0 Å². The molecule has 0 saturated carbocycles. The van der Waals surface area contributed by atoms with Crippen LogP contribution in [0.2, 0.25) is 5.02 Å². The molecule has 4 aromatic rings. The van der Waals surface area contributed by atoms with Crippen molar-refractivity contribution in [2.45, 2.75) is 23.3 Å². The van der Waals surface area contributed by atoms with Crippen LogP contribution >= 0.6 is 11.6 Å². The summed E-state index contributed by atoms with van der Waals surface area (Å²) in [5.74, 6) is -1.18. The van der Waals surface area contributed by atoms with E-state index in [1.807, 2.05) is 0 Å². The molecule has 168 valence electrons. The van der Waals surface area contributed by atoms with Gasteiger partial charge in [-0.1, -0.05) is 35.4 Å². The average molecular weight is 485 g/mol. The number of hydrogen-bond donors (Lipinski definition) is 1. The summed E-state index contributed by atoms with van der Waals surface area (Å²) in [6.45, 7) is 1.49. The molecule has 0 aliphatic heterocycles. The molecule has 0 aliphatic carbocycles. The summed E-state index contributed by atoms with van der Waals surface area (Å²) in [6.07, 6.45) is 1.12. The molecule has 0 spiro atoms. The van der Waals surface area contributed by atoms with Crippen LogP contribution in [0.5, 0.6) is 0 Å². The van der Waals surface area contributed by atoms with E-state index in [1.165, 1.54) is 22.8 Å². The number of benzene rings is 3. The minimum absolute atomic E-state index is 0.0733. The third-order valence-electron chi connectivity index (χ3n) is 5.05. The second kappa shape index (κ2) is 8.80. The third-order valence-corrected chi connectivity index (χ3v) is 7.05. The van der Waals surface area contributed by atoms with Gasteiger partial charge in [-0.3, -0.25) is 9.59 Å². The van der Waals surface area contributed by atoms with Crippen LogP contribution < -0.4 is 10.7 Å². The lowest BCUT2D eigenvalue weighted by molar-refractivity contribution is -0.116. The molecule has 1 heterocycles. The number of fused-ring (bicyclic) bond motifs is 1. The van der Waals surface area contributed by atoms with Crippen LogP contribution in [0, 0.1) is 12.7 Å². The molecule has 0 bridgehead atoms. The summed E-state index contributed by atoms with van der Waals surface area (Å²) in [5.41, 5.74) is 0.697. The van der Waals surface area contributed by atoms with Gasteiger partial charge in [-0.2, -0.15) is 0 Å². The summed E-state index contributed by atoms with van der Waals surface area (Å²) < 4.78 is 41.7. The van der Waals surface area contributed by atoms with E-state index in [4.69, 9.17) is 11.6 Å². The molecule has 0 saturated heterocycles. The summed E-state index contributed by atoms with van der Waals surface area (Å²) in [5, 5.41) is 2.97. The second-order valence-corrected chi connectivity index (χ2v) is 9.84. The largest absolute Gasteiger partial charge is 0.336 e. The Morgan fingerprint density at radius 1 is 1.06 bits per heavy atom. The van der Waals surface area contributed by atoms with Crippen LogP contribution in [0.3, 0.4) is 0 Å². The van der Waals surface area contributed by atoms with E-state index >= 15 is 0 Å². The summed E-state index contributed by atoms with van der Waals surface area (Å²) in [6, 6.07) is 16.0. The first kappa shape index (κ1) is 22.7. The van der Waals surface area contributed by atoms with Gasteiger partial charge >= 0.3 is 0 Å². The Morgan fingerprint density at radius 2 is 1.79 bits per heavy atom. The van der Waals surface area contributed by atoms with Crippen molar-refractivity contribution < 1.29 is 17.6 Å². The maximum Gasteiger partial charge on any atom is 0.244 e. The maximum atomic E-state index is 13.9. The zero-order chi connectivity index (χ0) is 23.8. The Morgan fingerprint density at radius 3 is 2.48 bits per heavy atom. The predicted octanol–water partition coefficient (Wildman–Crippen LogP) is 4.57. The highest BCUT2D eigenvalue weighted by Crippen LogP contribution is 2.22. The average Bonchev–Trinajstić information content (AvgIpc) is 2.76. The molecule has 3 aromatic carbocycles. The smallest absolute Gasteiger partial charge is 0.244 e. The zero-order valence-electron chi connectivity index (χ0n) is 17.4. The molecular weight excluding hydrogens is 467 g/mol. The van der Waals surface area contributed by atoms with Crippen molar-refractivity contribution >= 4 is 43.9 Å². The van der Waals surface area contributed by atoms with Crippen LogP contribution in [0.25, 0.3) is 10.9 Å². The molecule has 0 aliphatic rings. The van der Waals surface area contributed by atoms with Crippen LogP contribution in [-0.4, -0.2) is 18.9 Å². The molecule has 1 aromatic heterocycles. The molecule has 33 heavy (non-hydrogen) atoms. The summed E-state index contributed by atoms with van der Waals surface area (Å²) in [4.78, 5) is 25.1. The van der Waals surface area contributed by atoms with Gasteiger partial charge in [0.2, 0.25) is 21.2 Å². The number of aromatic nitrogens is 1. The van der Waals surface area contributed by atoms with E-state index in [0.717, 1.165) is 23.9 Å². The van der Waals surface area contributed by atoms with Gasteiger partial charge in [0.05, 0.1) is 10.4 Å². The van der Waals surface area contributed by atoms with Gasteiger partial charge in [-0.05, 0) is 55.5 Å². The molecule has 0 unspecified atom stereocenters. The SMILES string of the molecule is Cc1ccc(S(=O)(=O)c2cn(CC(=O)Nc3cccc(Cl)c3)c3ccc(F)cc3c2=O)cc1. The number of halogens is 2. The van der Waals surface area contributed by atoms with Crippen molar-refractivity contribution in [1.29, 1.82) is 0 Å². The minimum atomic E-state index is -4.22. The molecule has 0 fully saturated rings. The predicted molar refractivity (Wildman–Crippen MR) is 125 cm³/mol. The van der Waals surface area contributed by atoms with Gasteiger partial charge in [0.25, 0.3) is 0 Å². The molecule has 9 heteroatoms. The van der Waals surface area contributed by atoms with Crippen molar-refractivity contribution in [2.24, 2.45) is 0 Å². The highest BCUT2D eigenvalue weighted by Gasteiger charge is 2.24. The fourth-order valence-electron chi connectivity index (χ4n) is 3.43. The van der Waals surface area contributed by atoms with E-state index in [9.17, 15) is 22.4 Å². The number of rotatable bonds is 5. The van der Waals surface area contributed by atoms with Gasteiger partial charge in [0, 0.05) is 22.3 Å². The molecule has 4 rings (SSSR count). The van der Waals surface area contributed by atoms with E-state index in [0.29, 0.717) is 10.7 Å². The number of aryl methyl sites for hydroxylation is 1. The van der Waals surface area contributed by atoms with Crippen LogP contribution in [0.15, 0.2) is 87.5 Å². The Hall–Kier alpha value is -3.49. The van der Waals surface area contributed by atoms with Gasteiger partial charge in [-0.25, -0.2) is 12.8 Å².